The quantitative estimate of drug-likeness (QED) is 0.706. The zero-order valence-electron chi connectivity index (χ0n) is 14.9. The Bertz CT molecular complexity index is 758. The van der Waals surface area contributed by atoms with Crippen molar-refractivity contribution in [2.75, 3.05) is 30.9 Å². The number of hydrogen-bond acceptors (Lipinski definition) is 5. The molecule has 0 saturated carbocycles. The molecule has 2 rings (SSSR count). The molecule has 0 aliphatic heterocycles. The van der Waals surface area contributed by atoms with Gasteiger partial charge in [0.15, 0.2) is 5.78 Å². The fourth-order valence-corrected chi connectivity index (χ4v) is 2.21. The van der Waals surface area contributed by atoms with Crippen LogP contribution in [0.4, 0.5) is 11.4 Å². The Kier molecular flexibility index (Phi) is 6.84. The molecular weight excluding hydrogens is 332 g/mol. The van der Waals surface area contributed by atoms with Crippen molar-refractivity contribution < 1.29 is 14.4 Å². The van der Waals surface area contributed by atoms with E-state index in [1.807, 2.05) is 31.1 Å². The summed E-state index contributed by atoms with van der Waals surface area (Å²) in [4.78, 5) is 41.4. The second-order valence-electron chi connectivity index (χ2n) is 5.93. The first kappa shape index (κ1) is 19.1. The zero-order chi connectivity index (χ0) is 18.9. The van der Waals surface area contributed by atoms with Crippen LogP contribution in [0.15, 0.2) is 48.8 Å². The van der Waals surface area contributed by atoms with Crippen molar-refractivity contribution in [3.63, 3.8) is 0 Å². The van der Waals surface area contributed by atoms with Gasteiger partial charge in [0.2, 0.25) is 11.8 Å². The third kappa shape index (κ3) is 6.01. The molecule has 1 aromatic carbocycles. The van der Waals surface area contributed by atoms with Gasteiger partial charge in [-0.1, -0.05) is 0 Å². The van der Waals surface area contributed by atoms with Crippen molar-refractivity contribution in [2.24, 2.45) is 0 Å². The van der Waals surface area contributed by atoms with Crippen LogP contribution < -0.4 is 15.5 Å². The Hall–Kier alpha value is -3.22. The van der Waals surface area contributed by atoms with Crippen molar-refractivity contribution in [1.82, 2.24) is 10.3 Å². The second-order valence-corrected chi connectivity index (χ2v) is 5.93. The number of rotatable bonds is 8. The summed E-state index contributed by atoms with van der Waals surface area (Å²) in [5, 5.41) is 5.22. The first-order valence-electron chi connectivity index (χ1n) is 8.23. The molecule has 2 N–H and O–H groups in total. The van der Waals surface area contributed by atoms with Crippen LogP contribution in [-0.4, -0.2) is 43.2 Å². The molecule has 7 nitrogen and oxygen atoms in total. The van der Waals surface area contributed by atoms with Gasteiger partial charge in [-0.15, -0.1) is 0 Å². The molecule has 0 aliphatic rings. The fraction of sp³-hybridized carbons (Fsp3) is 0.263. The van der Waals surface area contributed by atoms with E-state index in [9.17, 15) is 14.4 Å². The highest BCUT2D eigenvalue weighted by molar-refractivity contribution is 5.98. The van der Waals surface area contributed by atoms with Crippen LogP contribution in [0.1, 0.15) is 23.2 Å². The Labute approximate surface area is 152 Å². The summed E-state index contributed by atoms with van der Waals surface area (Å²) in [6.07, 6.45) is 3.15. The first-order chi connectivity index (χ1) is 12.5. The summed E-state index contributed by atoms with van der Waals surface area (Å²) in [5.74, 6) is -0.825. The minimum atomic E-state index is -0.347. The molecule has 0 saturated heterocycles. The number of carbonyl (C=O) groups is 3. The summed E-state index contributed by atoms with van der Waals surface area (Å²) < 4.78 is 0. The second kappa shape index (κ2) is 9.31. The molecule has 0 radical (unpaired) electrons. The highest BCUT2D eigenvalue weighted by Gasteiger charge is 2.10. The van der Waals surface area contributed by atoms with Gasteiger partial charge >= 0.3 is 0 Å². The van der Waals surface area contributed by atoms with Crippen LogP contribution >= 0.6 is 0 Å². The van der Waals surface area contributed by atoms with Crippen LogP contribution in [-0.2, 0) is 9.59 Å². The normalized spacial score (nSPS) is 10.1. The summed E-state index contributed by atoms with van der Waals surface area (Å²) in [7, 11) is 3.87. The van der Waals surface area contributed by atoms with E-state index < -0.39 is 0 Å². The van der Waals surface area contributed by atoms with Crippen LogP contribution in [0.2, 0.25) is 0 Å². The summed E-state index contributed by atoms with van der Waals surface area (Å²) >= 11 is 0. The first-order valence-corrected chi connectivity index (χ1v) is 8.23. The average Bonchev–Trinajstić information content (AvgIpc) is 2.65. The van der Waals surface area contributed by atoms with Crippen molar-refractivity contribution >= 4 is 29.0 Å². The largest absolute Gasteiger partial charge is 0.378 e. The maximum Gasteiger partial charge on any atom is 0.243 e. The van der Waals surface area contributed by atoms with Gasteiger partial charge < -0.3 is 15.5 Å². The molecule has 1 aromatic heterocycles. The highest BCUT2D eigenvalue weighted by atomic mass is 16.2. The number of benzene rings is 1. The van der Waals surface area contributed by atoms with Gasteiger partial charge in [-0.05, 0) is 36.4 Å². The number of nitrogens with one attached hydrogen (secondary N) is 2. The Morgan fingerprint density at radius 1 is 1.00 bits per heavy atom. The molecule has 0 atom stereocenters. The smallest absolute Gasteiger partial charge is 0.243 e. The monoisotopic (exact) mass is 354 g/mol. The van der Waals surface area contributed by atoms with Gasteiger partial charge in [-0.25, -0.2) is 0 Å². The van der Waals surface area contributed by atoms with E-state index >= 15 is 0 Å². The van der Waals surface area contributed by atoms with Gasteiger partial charge in [-0.3, -0.25) is 19.4 Å². The van der Waals surface area contributed by atoms with Crippen LogP contribution in [0.3, 0.4) is 0 Å². The van der Waals surface area contributed by atoms with Gasteiger partial charge in [0.25, 0.3) is 0 Å². The van der Waals surface area contributed by atoms with Crippen LogP contribution in [0.25, 0.3) is 0 Å². The van der Waals surface area contributed by atoms with E-state index in [2.05, 4.69) is 15.6 Å². The van der Waals surface area contributed by atoms with E-state index in [-0.39, 0.29) is 37.0 Å². The molecule has 0 aliphatic carbocycles. The number of nitrogens with zero attached hydrogens (tertiary/aromatic N) is 2. The summed E-state index contributed by atoms with van der Waals surface area (Å²) in [5.41, 5.74) is 2.15. The number of amides is 2. The minimum absolute atomic E-state index is 0.0263. The lowest BCUT2D eigenvalue weighted by molar-refractivity contribution is -0.124. The zero-order valence-corrected chi connectivity index (χ0v) is 14.9. The predicted octanol–water partition coefficient (Wildman–Crippen LogP) is 1.87. The molecule has 0 spiro atoms. The standard InChI is InChI=1S/C19H22N4O3/c1-23(2)16-7-5-15(6-8-16)22-19(26)13-21-18(25)10-9-17(24)14-4-3-11-20-12-14/h3-8,11-12H,9-10,13H2,1-2H3,(H,21,25)(H,22,26). The molecule has 136 valence electrons. The number of aromatic nitrogens is 1. The maximum atomic E-state index is 11.9. The van der Waals surface area contributed by atoms with Crippen LogP contribution in [0.5, 0.6) is 0 Å². The van der Waals surface area contributed by atoms with E-state index in [1.165, 1.54) is 6.20 Å². The Morgan fingerprint density at radius 3 is 2.35 bits per heavy atom. The predicted molar refractivity (Wildman–Crippen MR) is 100 cm³/mol. The number of hydrogen-bond donors (Lipinski definition) is 2. The van der Waals surface area contributed by atoms with Crippen LogP contribution in [0, 0.1) is 0 Å². The van der Waals surface area contributed by atoms with Crippen molar-refractivity contribution in [1.29, 1.82) is 0 Å². The molecule has 2 aromatic rings. The highest BCUT2D eigenvalue weighted by Crippen LogP contribution is 2.15. The van der Waals surface area contributed by atoms with Gasteiger partial charge in [0, 0.05) is 56.3 Å². The average molecular weight is 354 g/mol. The molecule has 7 heteroatoms. The molecule has 26 heavy (non-hydrogen) atoms. The lowest BCUT2D eigenvalue weighted by Gasteiger charge is -2.13. The van der Waals surface area contributed by atoms with Gasteiger partial charge in [0.05, 0.1) is 6.54 Å². The van der Waals surface area contributed by atoms with Gasteiger partial charge in [-0.2, -0.15) is 0 Å². The third-order valence-electron chi connectivity index (χ3n) is 3.68. The molecule has 0 fully saturated rings. The topological polar surface area (TPSA) is 91.4 Å². The molecule has 0 bridgehead atoms. The Balaban J connectivity index is 1.71. The molecular formula is C19H22N4O3. The van der Waals surface area contributed by atoms with E-state index in [1.54, 1.807) is 30.5 Å². The molecule has 1 heterocycles. The SMILES string of the molecule is CN(C)c1ccc(NC(=O)CNC(=O)CCC(=O)c2cccnc2)cc1. The maximum absolute atomic E-state index is 11.9. The van der Waals surface area contributed by atoms with Crippen molar-refractivity contribution in [3.8, 4) is 0 Å². The number of ketones is 1. The van der Waals surface area contributed by atoms with Gasteiger partial charge in [0.1, 0.15) is 0 Å². The van der Waals surface area contributed by atoms with E-state index in [4.69, 9.17) is 0 Å². The van der Waals surface area contributed by atoms with E-state index in [0.29, 0.717) is 11.3 Å². The molecule has 2 amide bonds. The number of anilines is 2. The number of Topliss-reactive ketones (excluding diaryl/α,β-unsaturated/α-hetero) is 1. The minimum Gasteiger partial charge on any atom is -0.378 e. The Morgan fingerprint density at radius 2 is 1.73 bits per heavy atom. The lowest BCUT2D eigenvalue weighted by Crippen LogP contribution is -2.33. The summed E-state index contributed by atoms with van der Waals surface area (Å²) in [6.45, 7) is -0.144. The van der Waals surface area contributed by atoms with Crippen molar-refractivity contribution in [3.05, 3.63) is 54.4 Å². The molecule has 0 unspecified atom stereocenters. The third-order valence-corrected chi connectivity index (χ3v) is 3.68. The van der Waals surface area contributed by atoms with Crippen molar-refractivity contribution in [2.45, 2.75) is 12.8 Å². The summed E-state index contributed by atoms with van der Waals surface area (Å²) in [6, 6.07) is 10.7. The number of pyridine rings is 1. The number of carbonyl (C=O) groups excluding carboxylic acids is 3. The fourth-order valence-electron chi connectivity index (χ4n) is 2.21. The lowest BCUT2D eigenvalue weighted by atomic mass is 10.1. The van der Waals surface area contributed by atoms with E-state index in [0.717, 1.165) is 5.69 Å².